The van der Waals surface area contributed by atoms with Crippen molar-refractivity contribution in [1.82, 2.24) is 4.98 Å². The largest absolute Gasteiger partial charge is 0.481 e. The fourth-order valence-corrected chi connectivity index (χ4v) is 3.14. The smallest absolute Gasteiger partial charge is 0.413 e. The van der Waals surface area contributed by atoms with E-state index >= 15 is 0 Å². The van der Waals surface area contributed by atoms with Crippen molar-refractivity contribution in [1.29, 1.82) is 0 Å². The van der Waals surface area contributed by atoms with Gasteiger partial charge in [0.1, 0.15) is 11.0 Å². The van der Waals surface area contributed by atoms with E-state index in [2.05, 4.69) is 10.3 Å². The number of hydrogen-bond acceptors (Lipinski definition) is 5. The summed E-state index contributed by atoms with van der Waals surface area (Å²) in [6, 6.07) is 0. The van der Waals surface area contributed by atoms with Gasteiger partial charge in [-0.15, -0.1) is 11.3 Å². The van der Waals surface area contributed by atoms with Crippen LogP contribution in [-0.2, 0) is 14.9 Å². The summed E-state index contributed by atoms with van der Waals surface area (Å²) in [4.78, 5) is 27.9. The normalized spacial score (nSPS) is 16.6. The first kappa shape index (κ1) is 14.8. The minimum absolute atomic E-state index is 0.374. The Morgan fingerprint density at radius 2 is 2.00 bits per heavy atom. The molecule has 0 aliphatic heterocycles. The number of aromatic nitrogens is 1. The number of carboxylic acids is 1. The number of aliphatic carboxylic acids is 1. The van der Waals surface area contributed by atoms with Crippen molar-refractivity contribution >= 4 is 28.5 Å². The summed E-state index contributed by atoms with van der Waals surface area (Å²) in [5.41, 5.74) is -0.728. The summed E-state index contributed by atoms with van der Waals surface area (Å²) in [7, 11) is 0. The second-order valence-electron chi connectivity index (χ2n) is 5.95. The number of thiazole rings is 1. The molecule has 110 valence electrons. The van der Waals surface area contributed by atoms with E-state index in [9.17, 15) is 14.7 Å². The van der Waals surface area contributed by atoms with Crippen molar-refractivity contribution in [2.75, 3.05) is 5.32 Å². The highest BCUT2D eigenvalue weighted by molar-refractivity contribution is 7.16. The van der Waals surface area contributed by atoms with Crippen molar-refractivity contribution < 1.29 is 19.4 Å². The van der Waals surface area contributed by atoms with Gasteiger partial charge in [0.25, 0.3) is 0 Å². The number of carbonyl (C=O) groups is 2. The van der Waals surface area contributed by atoms with Gasteiger partial charge in [0.15, 0.2) is 5.13 Å². The number of ether oxygens (including phenoxy) is 1. The third kappa shape index (κ3) is 2.92. The Bertz CT molecular complexity index is 555. The number of rotatable bonds is 3. The Kier molecular flexibility index (Phi) is 3.49. The maximum atomic E-state index is 11.7. The van der Waals surface area contributed by atoms with Crippen molar-refractivity contribution in [2.45, 2.75) is 51.6 Å². The SMILES string of the molecule is Cc1nc(NC(=O)OC(C)(C)C)sc1C1(C(=O)O)CC1. The lowest BCUT2D eigenvalue weighted by Crippen LogP contribution is -2.27. The summed E-state index contributed by atoms with van der Waals surface area (Å²) in [6.45, 7) is 7.08. The molecule has 2 rings (SSSR count). The summed E-state index contributed by atoms with van der Waals surface area (Å²) < 4.78 is 5.14. The molecule has 6 nitrogen and oxygen atoms in total. The Labute approximate surface area is 121 Å². The molecule has 20 heavy (non-hydrogen) atoms. The summed E-state index contributed by atoms with van der Waals surface area (Å²) in [5.74, 6) is -0.826. The predicted octanol–water partition coefficient (Wildman–Crippen LogP) is 2.91. The molecule has 0 aromatic carbocycles. The minimum Gasteiger partial charge on any atom is -0.481 e. The first-order valence-electron chi connectivity index (χ1n) is 6.35. The Morgan fingerprint density at radius 1 is 1.40 bits per heavy atom. The number of nitrogens with one attached hydrogen (secondary N) is 1. The zero-order chi connectivity index (χ0) is 15.1. The molecule has 1 amide bonds. The predicted molar refractivity (Wildman–Crippen MR) is 75.3 cm³/mol. The topological polar surface area (TPSA) is 88.5 Å². The van der Waals surface area contributed by atoms with E-state index in [1.807, 2.05) is 0 Å². The molecule has 1 saturated carbocycles. The molecule has 2 N–H and O–H groups in total. The molecule has 1 aliphatic carbocycles. The zero-order valence-electron chi connectivity index (χ0n) is 11.9. The lowest BCUT2D eigenvalue weighted by molar-refractivity contribution is -0.139. The van der Waals surface area contributed by atoms with Crippen LogP contribution in [0.5, 0.6) is 0 Å². The van der Waals surface area contributed by atoms with E-state index in [-0.39, 0.29) is 0 Å². The number of carbonyl (C=O) groups excluding carboxylic acids is 1. The van der Waals surface area contributed by atoms with Crippen LogP contribution in [0, 0.1) is 6.92 Å². The lowest BCUT2D eigenvalue weighted by atomic mass is 10.0. The molecule has 0 unspecified atom stereocenters. The molecule has 0 bridgehead atoms. The van der Waals surface area contributed by atoms with Crippen molar-refractivity contribution in [2.24, 2.45) is 0 Å². The van der Waals surface area contributed by atoms with Gasteiger partial charge in [-0.05, 0) is 40.5 Å². The van der Waals surface area contributed by atoms with Crippen LogP contribution in [-0.4, -0.2) is 27.8 Å². The van der Waals surface area contributed by atoms with Gasteiger partial charge in [0, 0.05) is 4.88 Å². The monoisotopic (exact) mass is 298 g/mol. The third-order valence-electron chi connectivity index (χ3n) is 3.00. The summed E-state index contributed by atoms with van der Waals surface area (Å²) in [5, 5.41) is 12.2. The average Bonchev–Trinajstić information content (AvgIpc) is 2.97. The quantitative estimate of drug-likeness (QED) is 0.895. The Balaban J connectivity index is 2.13. The molecule has 1 aromatic rings. The molecular formula is C13H18N2O4S. The number of amides is 1. The molecule has 1 fully saturated rings. The molecule has 0 radical (unpaired) electrons. The van der Waals surface area contributed by atoms with Gasteiger partial charge < -0.3 is 9.84 Å². The minimum atomic E-state index is -0.826. The fourth-order valence-electron chi connectivity index (χ4n) is 1.95. The van der Waals surface area contributed by atoms with Crippen LogP contribution >= 0.6 is 11.3 Å². The second kappa shape index (κ2) is 4.73. The summed E-state index contributed by atoms with van der Waals surface area (Å²) in [6.07, 6.45) is 0.659. The van der Waals surface area contributed by atoms with E-state index < -0.39 is 23.1 Å². The van der Waals surface area contributed by atoms with E-state index in [1.165, 1.54) is 11.3 Å². The number of hydrogen-bond donors (Lipinski definition) is 2. The third-order valence-corrected chi connectivity index (χ3v) is 4.28. The second-order valence-corrected chi connectivity index (χ2v) is 6.95. The lowest BCUT2D eigenvalue weighted by Gasteiger charge is -2.18. The number of aryl methyl sites for hydroxylation is 1. The maximum Gasteiger partial charge on any atom is 0.413 e. The highest BCUT2D eigenvalue weighted by atomic mass is 32.1. The summed E-state index contributed by atoms with van der Waals surface area (Å²) >= 11 is 1.21. The van der Waals surface area contributed by atoms with Crippen LogP contribution in [0.2, 0.25) is 0 Å². The number of carboxylic acid groups (broad SMARTS) is 1. The standard InChI is InChI=1S/C13H18N2O4S/c1-7-8(13(5-6-13)9(16)17)20-10(14-7)15-11(18)19-12(2,3)4/h5-6H2,1-4H3,(H,16,17)(H,14,15,18). The highest BCUT2D eigenvalue weighted by Gasteiger charge is 2.54. The van der Waals surface area contributed by atoms with Crippen LogP contribution in [0.3, 0.4) is 0 Å². The van der Waals surface area contributed by atoms with Gasteiger partial charge in [0.2, 0.25) is 0 Å². The Hall–Kier alpha value is -1.63. The first-order chi connectivity index (χ1) is 9.14. The van der Waals surface area contributed by atoms with Crippen molar-refractivity contribution in [3.63, 3.8) is 0 Å². The van der Waals surface area contributed by atoms with E-state index in [4.69, 9.17) is 4.74 Å². The fraction of sp³-hybridized carbons (Fsp3) is 0.615. The Morgan fingerprint density at radius 3 is 2.45 bits per heavy atom. The molecule has 1 aliphatic rings. The van der Waals surface area contributed by atoms with Gasteiger partial charge in [-0.3, -0.25) is 10.1 Å². The van der Waals surface area contributed by atoms with E-state index in [0.29, 0.717) is 23.7 Å². The molecule has 1 aromatic heterocycles. The van der Waals surface area contributed by atoms with Crippen LogP contribution in [0.15, 0.2) is 0 Å². The highest BCUT2D eigenvalue weighted by Crippen LogP contribution is 2.52. The van der Waals surface area contributed by atoms with Crippen LogP contribution in [0.25, 0.3) is 0 Å². The van der Waals surface area contributed by atoms with E-state index in [1.54, 1.807) is 27.7 Å². The molecule has 7 heteroatoms. The van der Waals surface area contributed by atoms with Gasteiger partial charge in [-0.1, -0.05) is 0 Å². The van der Waals surface area contributed by atoms with Gasteiger partial charge in [-0.25, -0.2) is 9.78 Å². The molecular weight excluding hydrogens is 280 g/mol. The van der Waals surface area contributed by atoms with Crippen LogP contribution in [0.1, 0.15) is 44.2 Å². The number of nitrogens with zero attached hydrogens (tertiary/aromatic N) is 1. The van der Waals surface area contributed by atoms with Crippen molar-refractivity contribution in [3.05, 3.63) is 10.6 Å². The van der Waals surface area contributed by atoms with Crippen LogP contribution in [0.4, 0.5) is 9.93 Å². The van der Waals surface area contributed by atoms with Crippen LogP contribution < -0.4 is 5.32 Å². The molecule has 0 atom stereocenters. The van der Waals surface area contributed by atoms with E-state index in [0.717, 1.165) is 4.88 Å². The zero-order valence-corrected chi connectivity index (χ0v) is 12.8. The van der Waals surface area contributed by atoms with Gasteiger partial charge in [0.05, 0.1) is 5.69 Å². The molecule has 1 heterocycles. The first-order valence-corrected chi connectivity index (χ1v) is 7.17. The average molecular weight is 298 g/mol. The molecule has 0 saturated heterocycles. The van der Waals surface area contributed by atoms with Gasteiger partial charge >= 0.3 is 12.1 Å². The van der Waals surface area contributed by atoms with Gasteiger partial charge in [-0.2, -0.15) is 0 Å². The maximum absolute atomic E-state index is 11.7. The molecule has 0 spiro atoms. The van der Waals surface area contributed by atoms with Crippen molar-refractivity contribution in [3.8, 4) is 0 Å². The number of anilines is 1.